The summed E-state index contributed by atoms with van der Waals surface area (Å²) in [5.41, 5.74) is 9.30. The highest BCUT2D eigenvalue weighted by Gasteiger charge is 2.24. The Kier molecular flexibility index (Phi) is 6.15. The van der Waals surface area contributed by atoms with Crippen molar-refractivity contribution in [2.45, 2.75) is 0 Å². The highest BCUT2D eigenvalue weighted by Crippen LogP contribution is 2.47. The maximum absolute atomic E-state index is 6.61. The number of benzene rings is 8. The van der Waals surface area contributed by atoms with Gasteiger partial charge in [-0.15, -0.1) is 0 Å². The summed E-state index contributed by atoms with van der Waals surface area (Å²) < 4.78 is 8.98. The van der Waals surface area contributed by atoms with Crippen LogP contribution in [0, 0.1) is 0 Å². The smallest absolute Gasteiger partial charge is 0.227 e. The third-order valence-electron chi connectivity index (χ3n) is 9.58. The Labute approximate surface area is 282 Å². The number of hydrogen-bond acceptors (Lipinski definition) is 3. The Balaban J connectivity index is 1.32. The van der Waals surface area contributed by atoms with Crippen LogP contribution >= 0.6 is 0 Å². The van der Waals surface area contributed by atoms with E-state index in [1.807, 2.05) is 30.3 Å². The summed E-state index contributed by atoms with van der Waals surface area (Å²) in [4.78, 5) is 7.34. The molecule has 4 nitrogen and oxygen atoms in total. The zero-order valence-corrected chi connectivity index (χ0v) is 26.5. The Morgan fingerprint density at radius 1 is 0.469 bits per heavy atom. The quantitative estimate of drug-likeness (QED) is 0.178. The predicted molar refractivity (Wildman–Crippen MR) is 203 cm³/mol. The van der Waals surface area contributed by atoms with Crippen LogP contribution in [0.1, 0.15) is 0 Å². The highest BCUT2D eigenvalue weighted by atomic mass is 16.3. The lowest BCUT2D eigenvalue weighted by Crippen LogP contribution is -2.11. The van der Waals surface area contributed by atoms with Gasteiger partial charge in [-0.2, -0.15) is 0 Å². The van der Waals surface area contributed by atoms with Gasteiger partial charge in [0.15, 0.2) is 5.58 Å². The van der Waals surface area contributed by atoms with Crippen molar-refractivity contribution < 1.29 is 4.42 Å². The predicted octanol–water partition coefficient (Wildman–Crippen LogP) is 12.4. The molecule has 0 aliphatic carbocycles. The molecule has 49 heavy (non-hydrogen) atoms. The van der Waals surface area contributed by atoms with Gasteiger partial charge in [-0.05, 0) is 77.5 Å². The van der Waals surface area contributed by atoms with Crippen LogP contribution in [-0.2, 0) is 0 Å². The molecule has 10 aromatic rings. The topological polar surface area (TPSA) is 34.2 Å². The first-order valence-corrected chi connectivity index (χ1v) is 16.6. The van der Waals surface area contributed by atoms with Crippen molar-refractivity contribution in [3.05, 3.63) is 176 Å². The maximum atomic E-state index is 6.61. The fourth-order valence-electron chi connectivity index (χ4n) is 7.46. The van der Waals surface area contributed by atoms with Crippen LogP contribution in [0.5, 0.6) is 0 Å². The van der Waals surface area contributed by atoms with E-state index in [0.717, 1.165) is 66.5 Å². The first-order valence-electron chi connectivity index (χ1n) is 16.6. The summed E-state index contributed by atoms with van der Waals surface area (Å²) >= 11 is 0. The number of nitrogens with zero attached hydrogens (tertiary/aromatic N) is 3. The Hall–Kier alpha value is -6.65. The second-order valence-electron chi connectivity index (χ2n) is 12.4. The van der Waals surface area contributed by atoms with E-state index in [9.17, 15) is 0 Å². The van der Waals surface area contributed by atoms with E-state index in [4.69, 9.17) is 9.40 Å². The van der Waals surface area contributed by atoms with E-state index < -0.39 is 0 Å². The Morgan fingerprint density at radius 3 is 1.90 bits per heavy atom. The molecule has 8 aromatic carbocycles. The van der Waals surface area contributed by atoms with E-state index in [2.05, 4.69) is 155 Å². The van der Waals surface area contributed by atoms with Crippen molar-refractivity contribution in [1.29, 1.82) is 0 Å². The van der Waals surface area contributed by atoms with E-state index in [1.54, 1.807) is 0 Å². The van der Waals surface area contributed by atoms with Crippen molar-refractivity contribution in [1.82, 2.24) is 9.55 Å². The lowest BCUT2D eigenvalue weighted by Gasteiger charge is -2.28. The van der Waals surface area contributed by atoms with E-state index >= 15 is 0 Å². The van der Waals surface area contributed by atoms with Crippen molar-refractivity contribution in [3.63, 3.8) is 0 Å². The van der Waals surface area contributed by atoms with Gasteiger partial charge in [0.25, 0.3) is 0 Å². The number of anilines is 3. The molecule has 0 saturated heterocycles. The number of oxazole rings is 1. The number of para-hydroxylation sites is 3. The van der Waals surface area contributed by atoms with Gasteiger partial charge in [0, 0.05) is 38.5 Å². The molecule has 0 atom stereocenters. The number of aromatic nitrogens is 2. The first-order chi connectivity index (χ1) is 24.3. The van der Waals surface area contributed by atoms with E-state index in [0.29, 0.717) is 5.89 Å². The molecule has 0 amide bonds. The molecule has 0 saturated carbocycles. The van der Waals surface area contributed by atoms with Gasteiger partial charge in [0.05, 0.1) is 22.4 Å². The van der Waals surface area contributed by atoms with Crippen molar-refractivity contribution in [3.8, 4) is 17.1 Å². The Bertz CT molecular complexity index is 2820. The van der Waals surface area contributed by atoms with Gasteiger partial charge in [0.2, 0.25) is 5.89 Å². The first kappa shape index (κ1) is 27.5. The van der Waals surface area contributed by atoms with Crippen LogP contribution < -0.4 is 4.90 Å². The maximum Gasteiger partial charge on any atom is 0.227 e. The van der Waals surface area contributed by atoms with Gasteiger partial charge in [-0.1, -0.05) is 109 Å². The van der Waals surface area contributed by atoms with E-state index in [1.165, 1.54) is 16.3 Å². The number of hydrogen-bond donors (Lipinski definition) is 0. The monoisotopic (exact) mass is 627 g/mol. The largest absolute Gasteiger partial charge is 0.435 e. The molecule has 2 heterocycles. The molecule has 0 spiro atoms. The summed E-state index contributed by atoms with van der Waals surface area (Å²) in [6, 6.07) is 62.0. The van der Waals surface area contributed by atoms with Crippen molar-refractivity contribution in [2.75, 3.05) is 4.90 Å². The van der Waals surface area contributed by atoms with Crippen LogP contribution in [0.2, 0.25) is 0 Å². The molecule has 2 aromatic heterocycles. The molecule has 0 N–H and O–H groups in total. The zero-order valence-electron chi connectivity index (χ0n) is 26.5. The van der Waals surface area contributed by atoms with Crippen molar-refractivity contribution in [2.24, 2.45) is 0 Å². The lowest BCUT2D eigenvalue weighted by atomic mass is 9.98. The summed E-state index contributed by atoms with van der Waals surface area (Å²) in [6.07, 6.45) is 0. The lowest BCUT2D eigenvalue weighted by molar-refractivity contribution is 0.623. The van der Waals surface area contributed by atoms with Crippen LogP contribution in [0.25, 0.3) is 71.6 Å². The summed E-state index contributed by atoms with van der Waals surface area (Å²) in [5.74, 6) is 0.621. The van der Waals surface area contributed by atoms with E-state index in [-0.39, 0.29) is 0 Å². The molecular weight excluding hydrogens is 599 g/mol. The second-order valence-corrected chi connectivity index (χ2v) is 12.4. The minimum Gasteiger partial charge on any atom is -0.435 e. The average molecular weight is 628 g/mol. The van der Waals surface area contributed by atoms with Crippen LogP contribution in [0.3, 0.4) is 0 Å². The SMILES string of the molecule is c1ccc(-c2nc3ccc4c5ccccc5c(N(c5ccccc5)c5cccc6c5c5ccccc5n6-c5ccccc5)cc4c3o2)cc1. The molecule has 0 radical (unpaired) electrons. The number of rotatable bonds is 5. The van der Waals surface area contributed by atoms with Gasteiger partial charge in [-0.3, -0.25) is 0 Å². The second kappa shape index (κ2) is 11.0. The minimum absolute atomic E-state index is 0.621. The molecule has 10 rings (SSSR count). The minimum atomic E-state index is 0.621. The van der Waals surface area contributed by atoms with Crippen LogP contribution in [0.4, 0.5) is 17.1 Å². The molecule has 4 heteroatoms. The average Bonchev–Trinajstić information content (AvgIpc) is 3.77. The Morgan fingerprint density at radius 2 is 1.10 bits per heavy atom. The van der Waals surface area contributed by atoms with Crippen LogP contribution in [-0.4, -0.2) is 9.55 Å². The molecule has 230 valence electrons. The van der Waals surface area contributed by atoms with Gasteiger partial charge < -0.3 is 13.9 Å². The van der Waals surface area contributed by atoms with Gasteiger partial charge in [0.1, 0.15) is 5.52 Å². The summed E-state index contributed by atoms with van der Waals surface area (Å²) in [5, 5.41) is 6.88. The third kappa shape index (κ3) is 4.28. The molecular formula is C45H29N3O. The normalized spacial score (nSPS) is 11.7. The van der Waals surface area contributed by atoms with Crippen molar-refractivity contribution >= 4 is 71.5 Å². The third-order valence-corrected chi connectivity index (χ3v) is 9.58. The van der Waals surface area contributed by atoms with Crippen LogP contribution in [0.15, 0.2) is 180 Å². The summed E-state index contributed by atoms with van der Waals surface area (Å²) in [7, 11) is 0. The fraction of sp³-hybridized carbons (Fsp3) is 0. The zero-order chi connectivity index (χ0) is 32.3. The fourth-order valence-corrected chi connectivity index (χ4v) is 7.46. The van der Waals surface area contributed by atoms with Gasteiger partial charge in [-0.25, -0.2) is 4.98 Å². The van der Waals surface area contributed by atoms with Gasteiger partial charge >= 0.3 is 0 Å². The summed E-state index contributed by atoms with van der Waals surface area (Å²) in [6.45, 7) is 0. The molecule has 0 unspecified atom stereocenters. The molecule has 0 bridgehead atoms. The number of fused-ring (bicyclic) bond motifs is 8. The standard InChI is InChI=1S/C45H29N3O/c1-4-15-30(16-5-1)45-46-38-28-27-34-33-21-10-11-22-35(33)42(29-37(34)44(38)49-45)48(32-19-8-3-9-20-32)41-26-14-25-40-43(41)36-23-12-13-24-39(36)47(40)31-17-6-2-7-18-31/h1-29H. The molecule has 0 aliphatic rings. The highest BCUT2D eigenvalue weighted by molar-refractivity contribution is 6.22. The molecule has 0 fully saturated rings. The molecule has 0 aliphatic heterocycles.